The second kappa shape index (κ2) is 8.49. The van der Waals surface area contributed by atoms with Gasteiger partial charge in [0, 0.05) is 5.02 Å². The summed E-state index contributed by atoms with van der Waals surface area (Å²) in [5.74, 6) is -0.502. The maximum absolute atomic E-state index is 12.6. The molecule has 2 fully saturated rings. The normalized spacial score (nSPS) is 20.8. The number of nitrogens with one attached hydrogen (secondary N) is 2. The third kappa shape index (κ3) is 4.63. The second-order valence-electron chi connectivity index (χ2n) is 6.27. The Morgan fingerprint density at radius 3 is 2.77 bits per heavy atom. The fourth-order valence-electron chi connectivity index (χ4n) is 2.73. The zero-order valence-corrected chi connectivity index (χ0v) is 16.7. The molecule has 2 amide bonds. The minimum Gasteiger partial charge on any atom is -0.335 e. The number of benzene rings is 1. The Bertz CT molecular complexity index is 763. The summed E-state index contributed by atoms with van der Waals surface area (Å²) in [4.78, 5) is 28.2. The number of hydrogen-bond donors (Lipinski definition) is 2. The molecule has 1 aromatic rings. The second-order valence-corrected chi connectivity index (χ2v) is 8.35. The number of nitrogens with zero attached hydrogens (tertiary/aromatic N) is 2. The van der Waals surface area contributed by atoms with Crippen molar-refractivity contribution in [2.45, 2.75) is 0 Å². The van der Waals surface area contributed by atoms with E-state index in [-0.39, 0.29) is 18.4 Å². The molecule has 138 valence electrons. The molecule has 0 spiro atoms. The van der Waals surface area contributed by atoms with Gasteiger partial charge in [0.2, 0.25) is 0 Å². The smallest absolute Gasteiger partial charge is 0.266 e. The molecule has 0 saturated carbocycles. The van der Waals surface area contributed by atoms with E-state index in [9.17, 15) is 9.59 Å². The third-order valence-electron chi connectivity index (χ3n) is 4.27. The van der Waals surface area contributed by atoms with Gasteiger partial charge < -0.3 is 4.90 Å². The van der Waals surface area contributed by atoms with Crippen LogP contribution in [0.2, 0.25) is 5.02 Å². The highest BCUT2D eigenvalue weighted by Gasteiger charge is 2.34. The van der Waals surface area contributed by atoms with Crippen molar-refractivity contribution in [2.75, 3.05) is 39.8 Å². The number of hydrogen-bond acceptors (Lipinski definition) is 5. The molecular formula is C17H20ClN4O2S2+. The number of thiocarbonyl (C=S) groups is 1. The average Bonchev–Trinajstić information content (AvgIpc) is 2.86. The van der Waals surface area contributed by atoms with Gasteiger partial charge in [-0.15, -0.1) is 0 Å². The van der Waals surface area contributed by atoms with Crippen LogP contribution in [0.4, 0.5) is 0 Å². The summed E-state index contributed by atoms with van der Waals surface area (Å²) in [6, 6.07) is 7.27. The van der Waals surface area contributed by atoms with E-state index in [0.717, 1.165) is 31.7 Å². The highest BCUT2D eigenvalue weighted by atomic mass is 35.5. The molecule has 6 nitrogen and oxygen atoms in total. The molecule has 2 heterocycles. The lowest BCUT2D eigenvalue weighted by Crippen LogP contribution is -3.12. The van der Waals surface area contributed by atoms with E-state index in [4.69, 9.17) is 23.8 Å². The number of quaternary nitrogens is 1. The molecular weight excluding hydrogens is 392 g/mol. The van der Waals surface area contributed by atoms with E-state index < -0.39 is 0 Å². The molecule has 0 aliphatic carbocycles. The lowest BCUT2D eigenvalue weighted by Gasteiger charge is -2.30. The van der Waals surface area contributed by atoms with Crippen molar-refractivity contribution < 1.29 is 14.5 Å². The Balaban J connectivity index is 1.62. The SMILES string of the molecule is C[NH+]1CCN(NC(=O)CN2C(=O)C(=Cc3ccccc3Cl)SC2=S)CC1. The summed E-state index contributed by atoms with van der Waals surface area (Å²) in [6.45, 7) is 3.46. The van der Waals surface area contributed by atoms with Gasteiger partial charge in [0.15, 0.2) is 0 Å². The molecule has 0 atom stereocenters. The van der Waals surface area contributed by atoms with Gasteiger partial charge in [-0.2, -0.15) is 0 Å². The van der Waals surface area contributed by atoms with Crippen LogP contribution in [-0.4, -0.2) is 65.8 Å². The number of rotatable bonds is 4. The fourth-order valence-corrected chi connectivity index (χ4v) is 4.16. The van der Waals surface area contributed by atoms with Crippen molar-refractivity contribution in [3.63, 3.8) is 0 Å². The van der Waals surface area contributed by atoms with Crippen LogP contribution in [0.25, 0.3) is 6.08 Å². The van der Waals surface area contributed by atoms with Crippen molar-refractivity contribution >= 4 is 57.8 Å². The Hall–Kier alpha value is -1.45. The predicted molar refractivity (Wildman–Crippen MR) is 108 cm³/mol. The lowest BCUT2D eigenvalue weighted by molar-refractivity contribution is -0.884. The van der Waals surface area contributed by atoms with Crippen LogP contribution < -0.4 is 10.3 Å². The minimum absolute atomic E-state index is 0.0796. The van der Waals surface area contributed by atoms with Gasteiger partial charge in [0.1, 0.15) is 10.9 Å². The van der Waals surface area contributed by atoms with E-state index in [1.54, 1.807) is 12.1 Å². The number of carbonyl (C=O) groups excluding carboxylic acids is 2. The number of halogens is 1. The van der Waals surface area contributed by atoms with Gasteiger partial charge in [0.25, 0.3) is 11.8 Å². The Labute approximate surface area is 167 Å². The first-order valence-electron chi connectivity index (χ1n) is 8.29. The first-order chi connectivity index (χ1) is 12.4. The highest BCUT2D eigenvalue weighted by molar-refractivity contribution is 8.26. The van der Waals surface area contributed by atoms with Crippen molar-refractivity contribution in [1.29, 1.82) is 0 Å². The molecule has 0 bridgehead atoms. The minimum atomic E-state index is -0.266. The Kier molecular flexibility index (Phi) is 6.31. The summed E-state index contributed by atoms with van der Waals surface area (Å²) in [5, 5.41) is 2.46. The summed E-state index contributed by atoms with van der Waals surface area (Å²) in [6.07, 6.45) is 1.71. The summed E-state index contributed by atoms with van der Waals surface area (Å²) in [5.41, 5.74) is 3.61. The number of thioether (sulfide) groups is 1. The van der Waals surface area contributed by atoms with E-state index in [0.29, 0.717) is 14.2 Å². The number of carbonyl (C=O) groups is 2. The van der Waals surface area contributed by atoms with Gasteiger partial charge in [-0.1, -0.05) is 53.8 Å². The van der Waals surface area contributed by atoms with Gasteiger partial charge in [-0.05, 0) is 17.7 Å². The lowest BCUT2D eigenvalue weighted by atomic mass is 10.2. The monoisotopic (exact) mass is 411 g/mol. The maximum Gasteiger partial charge on any atom is 0.266 e. The number of amides is 2. The first kappa shape index (κ1) is 19.3. The van der Waals surface area contributed by atoms with Gasteiger partial charge in [0.05, 0.1) is 38.1 Å². The highest BCUT2D eigenvalue weighted by Crippen LogP contribution is 2.33. The first-order valence-corrected chi connectivity index (χ1v) is 9.90. The topological polar surface area (TPSA) is 57.1 Å². The summed E-state index contributed by atoms with van der Waals surface area (Å²) < 4.78 is 0.381. The van der Waals surface area contributed by atoms with Crippen LogP contribution in [0, 0.1) is 0 Å². The van der Waals surface area contributed by atoms with Gasteiger partial charge in [-0.3, -0.25) is 19.9 Å². The van der Waals surface area contributed by atoms with Crippen LogP contribution in [0.1, 0.15) is 5.56 Å². The zero-order valence-electron chi connectivity index (χ0n) is 14.3. The van der Waals surface area contributed by atoms with Gasteiger partial charge >= 0.3 is 0 Å². The van der Waals surface area contributed by atoms with Gasteiger partial charge in [-0.25, -0.2) is 5.01 Å². The molecule has 0 unspecified atom stereocenters. The molecule has 0 aromatic heterocycles. The Morgan fingerprint density at radius 1 is 1.38 bits per heavy atom. The molecule has 1 aromatic carbocycles. The van der Waals surface area contributed by atoms with Crippen molar-refractivity contribution in [3.05, 3.63) is 39.8 Å². The third-order valence-corrected chi connectivity index (χ3v) is 5.99. The van der Waals surface area contributed by atoms with Crippen LogP contribution in [0.5, 0.6) is 0 Å². The fraction of sp³-hybridized carbons (Fsp3) is 0.353. The summed E-state index contributed by atoms with van der Waals surface area (Å²) in [7, 11) is 2.13. The molecule has 2 aliphatic heterocycles. The molecule has 3 rings (SSSR count). The zero-order chi connectivity index (χ0) is 18.7. The maximum atomic E-state index is 12.6. The molecule has 0 radical (unpaired) electrons. The molecule has 9 heteroatoms. The van der Waals surface area contributed by atoms with Crippen LogP contribution >= 0.6 is 35.6 Å². The predicted octanol–water partition coefficient (Wildman–Crippen LogP) is 0.403. The molecule has 2 aliphatic rings. The van der Waals surface area contributed by atoms with E-state index >= 15 is 0 Å². The van der Waals surface area contributed by atoms with Crippen molar-refractivity contribution in [2.24, 2.45) is 0 Å². The van der Waals surface area contributed by atoms with Crippen LogP contribution in [0.15, 0.2) is 29.2 Å². The number of piperazine rings is 1. The van der Waals surface area contributed by atoms with E-state index in [2.05, 4.69) is 12.5 Å². The largest absolute Gasteiger partial charge is 0.335 e. The van der Waals surface area contributed by atoms with Crippen LogP contribution in [-0.2, 0) is 9.59 Å². The van der Waals surface area contributed by atoms with Crippen LogP contribution in [0.3, 0.4) is 0 Å². The average molecular weight is 412 g/mol. The molecule has 2 saturated heterocycles. The molecule has 26 heavy (non-hydrogen) atoms. The standard InChI is InChI=1S/C17H19ClN4O2S2/c1-20-6-8-21(9-7-20)19-15(23)11-22-16(24)14(26-17(22)25)10-12-4-2-3-5-13(12)18/h2-5,10H,6-9,11H2,1H3,(H,19,23)/p+1. The quantitative estimate of drug-likeness (QED) is 0.555. The Morgan fingerprint density at radius 2 is 2.08 bits per heavy atom. The number of hydrazine groups is 1. The molecule has 2 N–H and O–H groups in total. The van der Waals surface area contributed by atoms with E-state index in [1.165, 1.54) is 21.6 Å². The number of likely N-dealkylation sites (N-methyl/N-ethyl adjacent to an activating group) is 1. The van der Waals surface area contributed by atoms with Crippen molar-refractivity contribution in [1.82, 2.24) is 15.3 Å². The van der Waals surface area contributed by atoms with E-state index in [1.807, 2.05) is 23.2 Å². The van der Waals surface area contributed by atoms with Crippen molar-refractivity contribution in [3.8, 4) is 0 Å². The summed E-state index contributed by atoms with van der Waals surface area (Å²) >= 11 is 12.6.